The molecule has 1 atom stereocenters. The molecule has 2 rings (SSSR count). The van der Waals surface area contributed by atoms with Gasteiger partial charge in [-0.2, -0.15) is 0 Å². The molecule has 1 saturated heterocycles. The second-order valence-electron chi connectivity index (χ2n) is 7.69. The lowest BCUT2D eigenvalue weighted by Crippen LogP contribution is -2.43. The van der Waals surface area contributed by atoms with Crippen LogP contribution in [0.5, 0.6) is 0 Å². The summed E-state index contributed by atoms with van der Waals surface area (Å²) in [6, 6.07) is 0.0235. The molecule has 0 aromatic rings. The Labute approximate surface area is 139 Å². The minimum Gasteiger partial charge on any atom is -0.444 e. The molecule has 1 saturated carbocycles. The van der Waals surface area contributed by atoms with E-state index in [2.05, 4.69) is 15.2 Å². The summed E-state index contributed by atoms with van der Waals surface area (Å²) >= 11 is 0. The molecule has 0 radical (unpaired) electrons. The molecule has 6 nitrogen and oxygen atoms in total. The molecule has 1 aliphatic heterocycles. The van der Waals surface area contributed by atoms with E-state index in [-0.39, 0.29) is 12.1 Å². The molecule has 0 spiro atoms. The van der Waals surface area contributed by atoms with Crippen LogP contribution < -0.4 is 11.1 Å². The van der Waals surface area contributed by atoms with Gasteiger partial charge in [-0.25, -0.2) is 4.79 Å². The number of aliphatic imine (C=N–C) groups is 1. The summed E-state index contributed by atoms with van der Waals surface area (Å²) in [6.45, 7) is 8.12. The standard InChI is InChI=1S/C17H32N4O2/c1-17(2,3)23-16(22)20-14(13-8-9-13)12-19-15(18)21-10-6-4-5-7-11-21/h13-14H,4-12H2,1-3H3,(H2,18,19)(H,20,22). The lowest BCUT2D eigenvalue weighted by atomic mass is 10.2. The van der Waals surface area contributed by atoms with Crippen LogP contribution in [0.2, 0.25) is 0 Å². The molecular formula is C17H32N4O2. The number of ether oxygens (including phenoxy) is 1. The predicted molar refractivity (Wildman–Crippen MR) is 92.4 cm³/mol. The number of carbonyl (C=O) groups excluding carboxylic acids is 1. The molecule has 1 aliphatic carbocycles. The van der Waals surface area contributed by atoms with E-state index in [0.29, 0.717) is 18.4 Å². The zero-order valence-electron chi connectivity index (χ0n) is 14.8. The maximum atomic E-state index is 12.0. The van der Waals surface area contributed by atoms with Gasteiger partial charge < -0.3 is 20.7 Å². The van der Waals surface area contributed by atoms with Crippen molar-refractivity contribution in [3.63, 3.8) is 0 Å². The van der Waals surface area contributed by atoms with Crippen molar-refractivity contribution in [3.05, 3.63) is 0 Å². The Morgan fingerprint density at radius 3 is 2.39 bits per heavy atom. The van der Waals surface area contributed by atoms with Gasteiger partial charge in [-0.3, -0.25) is 4.99 Å². The van der Waals surface area contributed by atoms with Crippen LogP contribution in [0.25, 0.3) is 0 Å². The minimum atomic E-state index is -0.480. The summed E-state index contributed by atoms with van der Waals surface area (Å²) < 4.78 is 5.35. The molecule has 2 fully saturated rings. The molecule has 23 heavy (non-hydrogen) atoms. The number of nitrogens with one attached hydrogen (secondary N) is 1. The normalized spacial score (nSPS) is 21.5. The molecule has 132 valence electrons. The largest absolute Gasteiger partial charge is 0.444 e. The van der Waals surface area contributed by atoms with Crippen LogP contribution in [0, 0.1) is 5.92 Å². The summed E-state index contributed by atoms with van der Waals surface area (Å²) in [6.07, 6.45) is 6.82. The highest BCUT2D eigenvalue weighted by atomic mass is 16.6. The van der Waals surface area contributed by atoms with Crippen LogP contribution in [-0.2, 0) is 4.74 Å². The zero-order chi connectivity index (χ0) is 16.9. The van der Waals surface area contributed by atoms with Crippen molar-refractivity contribution in [3.8, 4) is 0 Å². The van der Waals surface area contributed by atoms with Crippen molar-refractivity contribution in [1.29, 1.82) is 0 Å². The maximum Gasteiger partial charge on any atom is 0.407 e. The van der Waals surface area contributed by atoms with E-state index in [4.69, 9.17) is 10.5 Å². The van der Waals surface area contributed by atoms with E-state index < -0.39 is 5.60 Å². The van der Waals surface area contributed by atoms with E-state index in [9.17, 15) is 4.79 Å². The van der Waals surface area contributed by atoms with Crippen LogP contribution in [0.4, 0.5) is 4.79 Å². The van der Waals surface area contributed by atoms with Crippen LogP contribution in [-0.4, -0.2) is 48.2 Å². The fourth-order valence-corrected chi connectivity index (χ4v) is 2.86. The van der Waals surface area contributed by atoms with Crippen LogP contribution >= 0.6 is 0 Å². The summed E-state index contributed by atoms with van der Waals surface area (Å²) in [4.78, 5) is 18.7. The Kier molecular flexibility index (Phi) is 6.13. The van der Waals surface area contributed by atoms with Crippen LogP contribution in [0.1, 0.15) is 59.3 Å². The van der Waals surface area contributed by atoms with E-state index in [0.717, 1.165) is 25.9 Å². The molecule has 0 aromatic heterocycles. The summed E-state index contributed by atoms with van der Waals surface area (Å²) in [5, 5.41) is 2.96. The van der Waals surface area contributed by atoms with Crippen LogP contribution in [0.3, 0.4) is 0 Å². The smallest absolute Gasteiger partial charge is 0.407 e. The Morgan fingerprint density at radius 2 is 1.87 bits per heavy atom. The number of carbonyl (C=O) groups is 1. The maximum absolute atomic E-state index is 12.0. The Balaban J connectivity index is 1.86. The average Bonchev–Trinajstić information content (AvgIpc) is 3.26. The molecule has 0 aromatic carbocycles. The van der Waals surface area contributed by atoms with Crippen molar-refractivity contribution >= 4 is 12.1 Å². The van der Waals surface area contributed by atoms with E-state index >= 15 is 0 Å². The average molecular weight is 324 g/mol. The van der Waals surface area contributed by atoms with Gasteiger partial charge >= 0.3 is 6.09 Å². The second-order valence-corrected chi connectivity index (χ2v) is 7.69. The highest BCUT2D eigenvalue weighted by molar-refractivity contribution is 5.78. The molecule has 1 amide bonds. The molecular weight excluding hydrogens is 292 g/mol. The monoisotopic (exact) mass is 324 g/mol. The first kappa shape index (κ1) is 17.9. The Morgan fingerprint density at radius 1 is 1.26 bits per heavy atom. The van der Waals surface area contributed by atoms with Gasteiger partial charge in [-0.1, -0.05) is 12.8 Å². The first-order chi connectivity index (χ1) is 10.8. The number of amides is 1. The Hall–Kier alpha value is -1.46. The third-order valence-corrected chi connectivity index (χ3v) is 4.27. The lowest BCUT2D eigenvalue weighted by Gasteiger charge is -2.24. The van der Waals surface area contributed by atoms with Crippen molar-refractivity contribution in [1.82, 2.24) is 10.2 Å². The number of rotatable bonds is 4. The first-order valence-electron chi connectivity index (χ1n) is 8.89. The lowest BCUT2D eigenvalue weighted by molar-refractivity contribution is 0.0500. The quantitative estimate of drug-likeness (QED) is 0.615. The number of guanidine groups is 1. The van der Waals surface area contributed by atoms with Crippen molar-refractivity contribution in [2.75, 3.05) is 19.6 Å². The molecule has 3 N–H and O–H groups in total. The van der Waals surface area contributed by atoms with Crippen molar-refractivity contribution in [2.45, 2.75) is 70.9 Å². The highest BCUT2D eigenvalue weighted by Crippen LogP contribution is 2.33. The van der Waals surface area contributed by atoms with Crippen LogP contribution in [0.15, 0.2) is 4.99 Å². The second kappa shape index (κ2) is 7.88. The van der Waals surface area contributed by atoms with Gasteiger partial charge in [-0.05, 0) is 52.4 Å². The molecule has 2 aliphatic rings. The van der Waals surface area contributed by atoms with E-state index in [1.54, 1.807) is 0 Å². The number of nitrogens with two attached hydrogens (primary N) is 1. The van der Waals surface area contributed by atoms with E-state index in [1.165, 1.54) is 25.7 Å². The van der Waals surface area contributed by atoms with Crippen molar-refractivity contribution < 1.29 is 9.53 Å². The zero-order valence-corrected chi connectivity index (χ0v) is 14.8. The number of nitrogens with zero attached hydrogens (tertiary/aromatic N) is 2. The third-order valence-electron chi connectivity index (χ3n) is 4.27. The molecule has 1 heterocycles. The van der Waals surface area contributed by atoms with Gasteiger partial charge in [0.1, 0.15) is 5.60 Å². The highest BCUT2D eigenvalue weighted by Gasteiger charge is 2.33. The van der Waals surface area contributed by atoms with E-state index in [1.807, 2.05) is 20.8 Å². The molecule has 1 unspecified atom stereocenters. The van der Waals surface area contributed by atoms with Gasteiger partial charge in [0.15, 0.2) is 5.96 Å². The minimum absolute atomic E-state index is 0.0235. The van der Waals surface area contributed by atoms with Gasteiger partial charge in [0.25, 0.3) is 0 Å². The number of hydrogen-bond acceptors (Lipinski definition) is 3. The molecule has 0 bridgehead atoms. The number of likely N-dealkylation sites (tertiary alicyclic amines) is 1. The van der Waals surface area contributed by atoms with Gasteiger partial charge in [-0.15, -0.1) is 0 Å². The number of hydrogen-bond donors (Lipinski definition) is 2. The fraction of sp³-hybridized carbons (Fsp3) is 0.882. The summed E-state index contributed by atoms with van der Waals surface area (Å²) in [5.41, 5.74) is 5.67. The Bertz CT molecular complexity index is 419. The topological polar surface area (TPSA) is 79.9 Å². The summed E-state index contributed by atoms with van der Waals surface area (Å²) in [5.74, 6) is 1.12. The van der Waals surface area contributed by atoms with Gasteiger partial charge in [0.2, 0.25) is 0 Å². The van der Waals surface area contributed by atoms with Gasteiger partial charge in [0.05, 0.1) is 12.6 Å². The van der Waals surface area contributed by atoms with Crippen molar-refractivity contribution in [2.24, 2.45) is 16.6 Å². The first-order valence-corrected chi connectivity index (χ1v) is 8.89. The summed E-state index contributed by atoms with van der Waals surface area (Å²) in [7, 11) is 0. The predicted octanol–water partition coefficient (Wildman–Crippen LogP) is 2.48. The SMILES string of the molecule is CC(C)(C)OC(=O)NC(CN=C(N)N1CCCCCC1)C1CC1. The fourth-order valence-electron chi connectivity index (χ4n) is 2.86. The third kappa shape index (κ3) is 6.67. The molecule has 6 heteroatoms. The van der Waals surface area contributed by atoms with Gasteiger partial charge in [0, 0.05) is 13.1 Å². The number of alkyl carbamates (subject to hydrolysis) is 1.